The number of hydrogen-bond acceptors (Lipinski definition) is 5. The van der Waals surface area contributed by atoms with Crippen LogP contribution >= 0.6 is 0 Å². The van der Waals surface area contributed by atoms with Gasteiger partial charge in [-0.05, 0) is 73.8 Å². The zero-order valence-electron chi connectivity index (χ0n) is 22.6. The maximum atomic E-state index is 13.5. The molecule has 1 fully saturated rings. The molecule has 1 saturated heterocycles. The van der Waals surface area contributed by atoms with Gasteiger partial charge in [-0.3, -0.25) is 14.9 Å². The van der Waals surface area contributed by atoms with E-state index in [-0.39, 0.29) is 0 Å². The lowest BCUT2D eigenvalue weighted by Gasteiger charge is -2.35. The quantitative estimate of drug-likeness (QED) is 0.0627. The van der Waals surface area contributed by atoms with Gasteiger partial charge < -0.3 is 4.90 Å². The van der Waals surface area contributed by atoms with Crippen molar-refractivity contribution in [3.05, 3.63) is 72.5 Å². The lowest BCUT2D eigenvalue weighted by atomic mass is 10.1. The molecular formula is C29H39N5O3S. The van der Waals surface area contributed by atoms with Gasteiger partial charge in [-0.2, -0.15) is 0 Å². The van der Waals surface area contributed by atoms with Crippen molar-refractivity contribution < 1.29 is 14.2 Å². The van der Waals surface area contributed by atoms with Crippen molar-refractivity contribution in [1.82, 2.24) is 20.0 Å². The van der Waals surface area contributed by atoms with E-state index in [1.54, 1.807) is 11.6 Å². The van der Waals surface area contributed by atoms with Crippen LogP contribution in [0.3, 0.4) is 0 Å². The monoisotopic (exact) mass is 537 g/mol. The maximum Gasteiger partial charge on any atom is 0.276 e. The van der Waals surface area contributed by atoms with Gasteiger partial charge in [0.05, 0.1) is 20.2 Å². The fourth-order valence-electron chi connectivity index (χ4n) is 4.22. The molecule has 1 amide bonds. The highest BCUT2D eigenvalue weighted by Crippen LogP contribution is 2.19. The van der Waals surface area contributed by atoms with Crippen LogP contribution < -0.4 is 10.2 Å². The average Bonchev–Trinajstić information content (AvgIpc) is 2.96. The van der Waals surface area contributed by atoms with Crippen molar-refractivity contribution in [2.75, 3.05) is 39.3 Å². The second kappa shape index (κ2) is 14.1. The minimum absolute atomic E-state index is 0.314. The third kappa shape index (κ3) is 7.90. The molecule has 0 aromatic heterocycles. The van der Waals surface area contributed by atoms with Gasteiger partial charge in [0, 0.05) is 38.9 Å². The number of aliphatic imine (C=N–C) groups is 1. The van der Waals surface area contributed by atoms with E-state index >= 15 is 0 Å². The Hall–Kier alpha value is -3.20. The summed E-state index contributed by atoms with van der Waals surface area (Å²) in [6, 6.07) is 13.8. The van der Waals surface area contributed by atoms with Gasteiger partial charge >= 0.3 is 0 Å². The van der Waals surface area contributed by atoms with Crippen LogP contribution in [0.1, 0.15) is 33.6 Å². The van der Waals surface area contributed by atoms with E-state index in [9.17, 15) is 9.00 Å². The Morgan fingerprint density at radius 1 is 1.16 bits per heavy atom. The first-order valence-electron chi connectivity index (χ1n) is 12.9. The zero-order chi connectivity index (χ0) is 27.5. The van der Waals surface area contributed by atoms with Crippen LogP contribution in [0.5, 0.6) is 0 Å². The predicted molar refractivity (Wildman–Crippen MR) is 157 cm³/mol. The molecule has 3 N–H and O–H groups in total. The summed E-state index contributed by atoms with van der Waals surface area (Å²) in [6.45, 7) is 14.5. The average molecular weight is 538 g/mol. The van der Waals surface area contributed by atoms with Crippen LogP contribution in [0.4, 0.5) is 0 Å². The molecule has 0 bridgehead atoms. The molecule has 8 nitrogen and oxygen atoms in total. The normalized spacial score (nSPS) is 17.3. The first-order valence-corrected chi connectivity index (χ1v) is 14.5. The third-order valence-electron chi connectivity index (χ3n) is 6.76. The van der Waals surface area contributed by atoms with Crippen molar-refractivity contribution in [3.63, 3.8) is 0 Å². The number of hydrogen-bond donors (Lipinski definition) is 3. The largest absolute Gasteiger partial charge is 0.358 e. The van der Waals surface area contributed by atoms with Crippen molar-refractivity contribution >= 4 is 37.2 Å². The molecule has 1 aliphatic rings. The van der Waals surface area contributed by atoms with Crippen molar-refractivity contribution in [2.24, 2.45) is 4.99 Å². The molecule has 1 heterocycles. The van der Waals surface area contributed by atoms with E-state index in [0.717, 1.165) is 67.7 Å². The number of carbonyl (C=O) groups excluding carboxylic acids is 1. The molecule has 1 unspecified atom stereocenters. The number of carbonyl (C=O) groups is 1. The predicted octanol–water partition coefficient (Wildman–Crippen LogP) is 3.75. The van der Waals surface area contributed by atoms with E-state index < -0.39 is 15.6 Å². The van der Waals surface area contributed by atoms with Crippen LogP contribution in [-0.4, -0.2) is 75.2 Å². The highest BCUT2D eigenvalue weighted by molar-refractivity contribution is 7.99. The minimum atomic E-state index is -2.66. The lowest BCUT2D eigenvalue weighted by molar-refractivity contribution is -0.124. The van der Waals surface area contributed by atoms with Crippen LogP contribution in [0.25, 0.3) is 10.8 Å². The highest BCUT2D eigenvalue weighted by Gasteiger charge is 2.18. The Morgan fingerprint density at radius 2 is 1.87 bits per heavy atom. The van der Waals surface area contributed by atoms with E-state index in [1.165, 1.54) is 6.20 Å². The van der Waals surface area contributed by atoms with Crippen molar-refractivity contribution in [1.29, 1.82) is 0 Å². The summed E-state index contributed by atoms with van der Waals surface area (Å²) in [6.07, 6.45) is 4.89. The molecule has 0 spiro atoms. The highest BCUT2D eigenvalue weighted by atomic mass is 32.2. The number of amidine groups is 1. The Bertz CT molecular complexity index is 1360. The number of hydroxylamine groups is 1. The summed E-state index contributed by atoms with van der Waals surface area (Å²) in [5.74, 6) is 0.250. The maximum absolute atomic E-state index is 13.5. The second-order valence-electron chi connectivity index (χ2n) is 9.33. The van der Waals surface area contributed by atoms with Gasteiger partial charge in [-0.1, -0.05) is 42.8 Å². The number of fused-ring (bicyclic) bond motifs is 1. The molecule has 2 aromatic carbocycles. The summed E-state index contributed by atoms with van der Waals surface area (Å²) in [5, 5.41) is 13.9. The number of rotatable bonds is 10. The van der Waals surface area contributed by atoms with Gasteiger partial charge in [-0.15, -0.1) is 0 Å². The van der Waals surface area contributed by atoms with Gasteiger partial charge in [0.2, 0.25) is 0 Å². The van der Waals surface area contributed by atoms with Gasteiger partial charge in [0.1, 0.15) is 5.84 Å². The Labute approximate surface area is 226 Å². The first-order chi connectivity index (χ1) is 18.3. The minimum Gasteiger partial charge on any atom is -0.358 e. The van der Waals surface area contributed by atoms with Crippen molar-refractivity contribution in [2.45, 2.75) is 38.5 Å². The number of piperazine rings is 1. The molecule has 3 rings (SSSR count). The Kier molecular flexibility index (Phi) is 10.9. The molecule has 0 aliphatic carbocycles. The summed E-state index contributed by atoms with van der Waals surface area (Å²) in [4.78, 5) is 21.7. The van der Waals surface area contributed by atoms with Crippen molar-refractivity contribution in [3.8, 4) is 0 Å². The summed E-state index contributed by atoms with van der Waals surface area (Å²) in [7, 11) is -2.66. The standard InChI is InChI=1S/C29H39N5O3S/c1-5-23(3)20-27(29(35)32-36)22-30-24(4)34-18-16-33(17-19-34)15-9-14-31-38(37,6-2)28-13-12-25-10-7-8-11-26(25)21-28/h7-8,10-13,20-22,36H,2,5,9,14-19H2,1,3-4H3,(H,31,37)(H,32,35)/b23-20?,27-22+,30-24?. The van der Waals surface area contributed by atoms with Crippen LogP contribution in [0.15, 0.2) is 82.4 Å². The topological polar surface area (TPSA) is 97.3 Å². The number of nitrogens with zero attached hydrogens (tertiary/aromatic N) is 3. The lowest BCUT2D eigenvalue weighted by Crippen LogP contribution is -2.48. The molecule has 1 atom stereocenters. The fourth-order valence-corrected chi connectivity index (χ4v) is 5.64. The molecule has 0 saturated carbocycles. The summed E-state index contributed by atoms with van der Waals surface area (Å²) in [5.41, 5.74) is 3.02. The third-order valence-corrected chi connectivity index (χ3v) is 8.69. The fraction of sp³-hybridized carbons (Fsp3) is 0.379. The molecule has 1 aliphatic heterocycles. The summed E-state index contributed by atoms with van der Waals surface area (Å²) < 4.78 is 16.6. The summed E-state index contributed by atoms with van der Waals surface area (Å²) >= 11 is 0. The molecule has 2 aromatic rings. The number of benzene rings is 2. The van der Waals surface area contributed by atoms with E-state index in [0.29, 0.717) is 17.0 Å². The van der Waals surface area contributed by atoms with Crippen LogP contribution in [0.2, 0.25) is 0 Å². The number of nitrogens with one attached hydrogen (secondary N) is 2. The second-order valence-corrected chi connectivity index (χ2v) is 11.5. The molecule has 9 heteroatoms. The molecule has 0 radical (unpaired) electrons. The first kappa shape index (κ1) is 29.4. The molecule has 204 valence electrons. The van der Waals surface area contributed by atoms with E-state index in [4.69, 9.17) is 5.21 Å². The molecule has 38 heavy (non-hydrogen) atoms. The number of amides is 1. The Balaban J connectivity index is 1.49. The smallest absolute Gasteiger partial charge is 0.276 e. The van der Waals surface area contributed by atoms with Gasteiger partial charge in [0.15, 0.2) is 0 Å². The van der Waals surface area contributed by atoms with E-state index in [2.05, 4.69) is 31.1 Å². The van der Waals surface area contributed by atoms with Crippen LogP contribution in [0, 0.1) is 0 Å². The Morgan fingerprint density at radius 3 is 2.53 bits per heavy atom. The van der Waals surface area contributed by atoms with Gasteiger partial charge in [-0.25, -0.2) is 19.4 Å². The molecular weight excluding hydrogens is 498 g/mol. The van der Waals surface area contributed by atoms with Gasteiger partial charge in [0.25, 0.3) is 5.91 Å². The SMILES string of the molecule is C=C=S(=O)(NCCCN1CCN(C(C)=N/C=C(\C=C(C)CC)C(=O)NO)CC1)c1ccc2ccccc2c1. The van der Waals surface area contributed by atoms with E-state index in [1.807, 2.05) is 63.2 Å². The number of allylic oxidation sites excluding steroid dienone is 1. The zero-order valence-corrected chi connectivity index (χ0v) is 23.4. The van der Waals surface area contributed by atoms with Crippen LogP contribution in [-0.2, 0) is 14.5 Å².